The molecule has 0 atom stereocenters. The van der Waals surface area contributed by atoms with E-state index in [0.29, 0.717) is 13.1 Å². The Morgan fingerprint density at radius 3 is 2.77 bits per heavy atom. The fourth-order valence-corrected chi connectivity index (χ4v) is 2.86. The van der Waals surface area contributed by atoms with E-state index in [-0.39, 0.29) is 6.73 Å². The lowest BCUT2D eigenvalue weighted by molar-refractivity contribution is 0.0752. The molecule has 1 aliphatic rings. The monoisotopic (exact) mass is 331 g/mol. The molecule has 0 bridgehead atoms. The smallest absolute Gasteiger partial charge is 0.411 e. The van der Waals surface area contributed by atoms with Crippen molar-refractivity contribution in [3.63, 3.8) is 0 Å². The van der Waals surface area contributed by atoms with Gasteiger partial charge in [-0.2, -0.15) is 22.1 Å². The maximum absolute atomic E-state index is 12.1. The van der Waals surface area contributed by atoms with Gasteiger partial charge in [-0.05, 0) is 12.5 Å². The van der Waals surface area contributed by atoms with Gasteiger partial charge in [0.25, 0.3) is 10.2 Å². The van der Waals surface area contributed by atoms with Gasteiger partial charge in [0.2, 0.25) is 0 Å². The highest BCUT2D eigenvalue weighted by molar-refractivity contribution is 7.86. The number of amides is 1. The maximum Gasteiger partial charge on any atom is 0.411 e. The molecule has 0 saturated heterocycles. The Morgan fingerprint density at radius 2 is 2.09 bits per heavy atom. The predicted molar refractivity (Wildman–Crippen MR) is 79.0 cm³/mol. The molecule has 124 valence electrons. The van der Waals surface area contributed by atoms with Crippen molar-refractivity contribution in [3.05, 3.63) is 18.0 Å². The first-order valence-corrected chi connectivity index (χ1v) is 8.28. The van der Waals surface area contributed by atoms with Crippen LogP contribution >= 0.6 is 0 Å². The minimum atomic E-state index is -3.59. The Balaban J connectivity index is 1.93. The highest BCUT2D eigenvalue weighted by Crippen LogP contribution is 2.12. The van der Waals surface area contributed by atoms with E-state index in [1.807, 2.05) is 10.7 Å². The van der Waals surface area contributed by atoms with E-state index in [1.54, 1.807) is 11.1 Å². The summed E-state index contributed by atoms with van der Waals surface area (Å²) in [6.07, 6.45) is 1.94. The molecule has 1 amide bonds. The molecule has 1 aromatic heterocycles. The topological polar surface area (TPSA) is 88.0 Å². The molecule has 0 unspecified atom stereocenters. The van der Waals surface area contributed by atoms with Crippen LogP contribution < -0.4 is 0 Å². The van der Waals surface area contributed by atoms with Gasteiger partial charge in [0.05, 0.1) is 12.2 Å². The molecule has 0 radical (unpaired) electrons. The minimum absolute atomic E-state index is 0.324. The van der Waals surface area contributed by atoms with Crippen molar-refractivity contribution < 1.29 is 17.9 Å². The first-order valence-electron chi connectivity index (χ1n) is 6.88. The summed E-state index contributed by atoms with van der Waals surface area (Å²) in [4.78, 5) is 13.7. The summed E-state index contributed by atoms with van der Waals surface area (Å²) in [5.74, 6) is 0. The summed E-state index contributed by atoms with van der Waals surface area (Å²) in [6, 6.07) is 1.86. The molecular formula is C12H21N5O4S. The van der Waals surface area contributed by atoms with Crippen molar-refractivity contribution in [2.75, 3.05) is 34.4 Å². The van der Waals surface area contributed by atoms with Crippen LogP contribution in [0.15, 0.2) is 12.3 Å². The highest BCUT2D eigenvalue weighted by atomic mass is 32.2. The quantitative estimate of drug-likeness (QED) is 0.720. The van der Waals surface area contributed by atoms with Crippen LogP contribution in [0.1, 0.15) is 12.1 Å². The normalized spacial score (nSPS) is 15.8. The van der Waals surface area contributed by atoms with Gasteiger partial charge in [0.1, 0.15) is 0 Å². The summed E-state index contributed by atoms with van der Waals surface area (Å²) in [5.41, 5.74) is 0.934. The summed E-state index contributed by atoms with van der Waals surface area (Å²) in [6.45, 7) is 1.38. The van der Waals surface area contributed by atoms with Crippen molar-refractivity contribution in [1.82, 2.24) is 23.3 Å². The van der Waals surface area contributed by atoms with Crippen LogP contribution in [0, 0.1) is 0 Å². The molecule has 10 heteroatoms. The predicted octanol–water partition coefficient (Wildman–Crippen LogP) is -0.0789. The van der Waals surface area contributed by atoms with Gasteiger partial charge in [0, 0.05) is 40.4 Å². The van der Waals surface area contributed by atoms with Crippen LogP contribution in [0.5, 0.6) is 0 Å². The van der Waals surface area contributed by atoms with E-state index in [0.717, 1.165) is 27.3 Å². The number of carbonyl (C=O) groups excluding carboxylic acids is 1. The molecule has 1 aliphatic heterocycles. The zero-order chi connectivity index (χ0) is 16.3. The third-order valence-corrected chi connectivity index (χ3v) is 5.25. The van der Waals surface area contributed by atoms with Gasteiger partial charge in [0.15, 0.2) is 6.73 Å². The van der Waals surface area contributed by atoms with Gasteiger partial charge in [-0.3, -0.25) is 4.68 Å². The van der Waals surface area contributed by atoms with E-state index in [1.165, 1.54) is 21.1 Å². The highest BCUT2D eigenvalue weighted by Gasteiger charge is 2.24. The Bertz CT molecular complexity index is 627. The largest absolute Gasteiger partial charge is 0.432 e. The molecular weight excluding hydrogens is 310 g/mol. The molecule has 0 spiro atoms. The van der Waals surface area contributed by atoms with Gasteiger partial charge in [-0.1, -0.05) is 0 Å². The number of ether oxygens (including phenoxy) is 1. The van der Waals surface area contributed by atoms with Crippen molar-refractivity contribution in [1.29, 1.82) is 0 Å². The number of rotatable bonds is 4. The fraction of sp³-hybridized carbons (Fsp3) is 0.667. The Kier molecular flexibility index (Phi) is 5.04. The molecule has 0 aromatic carbocycles. The molecule has 0 aliphatic carbocycles. The van der Waals surface area contributed by atoms with Crippen molar-refractivity contribution in [3.8, 4) is 0 Å². The number of hydrogen-bond acceptors (Lipinski definition) is 5. The van der Waals surface area contributed by atoms with E-state index in [2.05, 4.69) is 5.10 Å². The Morgan fingerprint density at radius 1 is 1.36 bits per heavy atom. The van der Waals surface area contributed by atoms with Crippen molar-refractivity contribution in [2.45, 2.75) is 19.5 Å². The second kappa shape index (κ2) is 6.63. The summed E-state index contributed by atoms with van der Waals surface area (Å²) in [7, 11) is 0.608. The Hall–Kier alpha value is -1.65. The van der Waals surface area contributed by atoms with Gasteiger partial charge < -0.3 is 9.64 Å². The molecule has 2 rings (SSSR count). The molecule has 0 saturated carbocycles. The lowest BCUT2D eigenvalue weighted by atomic mass is 10.4. The first-order chi connectivity index (χ1) is 10.3. The SMILES string of the molecule is CN(C)S(=O)(=O)N(C)COC(=O)N1CCCn2nccc2C1. The van der Waals surface area contributed by atoms with Gasteiger partial charge >= 0.3 is 6.09 Å². The van der Waals surface area contributed by atoms with Crippen LogP contribution in [0.4, 0.5) is 4.79 Å². The van der Waals surface area contributed by atoms with Gasteiger partial charge in [-0.25, -0.2) is 4.79 Å². The number of fused-ring (bicyclic) bond motifs is 1. The van der Waals surface area contributed by atoms with Crippen LogP contribution in [0.25, 0.3) is 0 Å². The average molecular weight is 331 g/mol. The summed E-state index contributed by atoms with van der Waals surface area (Å²) >= 11 is 0. The first kappa shape index (κ1) is 16.7. The molecule has 9 nitrogen and oxygen atoms in total. The molecule has 0 fully saturated rings. The summed E-state index contributed by atoms with van der Waals surface area (Å²) < 4.78 is 32.7. The van der Waals surface area contributed by atoms with Crippen LogP contribution in [0.3, 0.4) is 0 Å². The number of nitrogens with zero attached hydrogens (tertiary/aromatic N) is 5. The van der Waals surface area contributed by atoms with E-state index < -0.39 is 16.3 Å². The second-order valence-electron chi connectivity index (χ2n) is 5.25. The van der Waals surface area contributed by atoms with E-state index in [4.69, 9.17) is 4.74 Å². The number of hydrogen-bond donors (Lipinski definition) is 0. The van der Waals surface area contributed by atoms with E-state index in [9.17, 15) is 13.2 Å². The van der Waals surface area contributed by atoms with Crippen LogP contribution in [0.2, 0.25) is 0 Å². The number of carbonyl (C=O) groups is 1. The zero-order valence-electron chi connectivity index (χ0n) is 13.0. The zero-order valence-corrected chi connectivity index (χ0v) is 13.8. The van der Waals surface area contributed by atoms with Crippen LogP contribution in [-0.4, -0.2) is 72.2 Å². The lowest BCUT2D eigenvalue weighted by Gasteiger charge is -2.24. The third kappa shape index (κ3) is 3.57. The lowest BCUT2D eigenvalue weighted by Crippen LogP contribution is -2.41. The van der Waals surface area contributed by atoms with Crippen molar-refractivity contribution >= 4 is 16.3 Å². The average Bonchev–Trinajstić information content (AvgIpc) is 2.81. The Labute approximate surface area is 130 Å². The van der Waals surface area contributed by atoms with Crippen molar-refractivity contribution in [2.24, 2.45) is 0 Å². The number of aromatic nitrogens is 2. The summed E-state index contributed by atoms with van der Waals surface area (Å²) in [5, 5.41) is 4.18. The van der Waals surface area contributed by atoms with E-state index >= 15 is 0 Å². The molecule has 22 heavy (non-hydrogen) atoms. The second-order valence-corrected chi connectivity index (χ2v) is 7.50. The molecule has 1 aromatic rings. The number of aryl methyl sites for hydroxylation is 1. The molecule has 2 heterocycles. The van der Waals surface area contributed by atoms with Gasteiger partial charge in [-0.15, -0.1) is 0 Å². The minimum Gasteiger partial charge on any atom is -0.432 e. The fourth-order valence-electron chi connectivity index (χ4n) is 2.12. The standard InChI is InChI=1S/C12H21N5O4S/c1-14(2)22(19,20)15(3)10-21-12(18)16-7-4-8-17-11(9-16)5-6-13-17/h5-6H,4,7-10H2,1-3H3. The maximum atomic E-state index is 12.1. The molecule has 0 N–H and O–H groups in total. The van der Waals surface area contributed by atoms with Crippen LogP contribution in [-0.2, 0) is 28.0 Å². The third-order valence-electron chi connectivity index (χ3n) is 3.44.